The molecule has 0 saturated carbocycles. The molecule has 0 heterocycles. The van der Waals surface area contributed by atoms with E-state index in [2.05, 4.69) is 15.6 Å². The van der Waals surface area contributed by atoms with Crippen molar-refractivity contribution in [3.8, 4) is 0 Å². The van der Waals surface area contributed by atoms with E-state index < -0.39 is 21.7 Å². The first-order valence-electron chi connectivity index (χ1n) is 9.10. The fraction of sp³-hybridized carbons (Fsp3) is 0.350. The van der Waals surface area contributed by atoms with Crippen LogP contribution in [0.5, 0.6) is 0 Å². The highest BCUT2D eigenvalue weighted by Gasteiger charge is 2.22. The summed E-state index contributed by atoms with van der Waals surface area (Å²) in [5, 5.41) is 5.97. The van der Waals surface area contributed by atoms with Crippen LogP contribution in [-0.4, -0.2) is 38.8 Å². The van der Waals surface area contributed by atoms with E-state index in [1.807, 2.05) is 13.8 Å². The monoisotopic (exact) mass is 552 g/mol. The van der Waals surface area contributed by atoms with Crippen molar-refractivity contribution >= 4 is 40.0 Å². The van der Waals surface area contributed by atoms with E-state index in [9.17, 15) is 17.2 Å². The molecule has 0 spiro atoms. The van der Waals surface area contributed by atoms with Crippen LogP contribution in [0.2, 0.25) is 0 Å². The lowest BCUT2D eigenvalue weighted by Crippen LogP contribution is -2.36. The Morgan fingerprint density at radius 3 is 2.23 bits per heavy atom. The molecule has 0 aliphatic rings. The molecule has 0 atom stereocenters. The minimum absolute atomic E-state index is 0. The maximum absolute atomic E-state index is 13.7. The molecule has 0 aliphatic heterocycles. The molecule has 2 aromatic carbocycles. The second-order valence-electron chi connectivity index (χ2n) is 6.77. The molecule has 0 saturated heterocycles. The Hall–Kier alpha value is -1.79. The summed E-state index contributed by atoms with van der Waals surface area (Å²) in [6, 6.07) is 9.68. The summed E-state index contributed by atoms with van der Waals surface area (Å²) in [4.78, 5) is 4.27. The number of sulfonamides is 1. The van der Waals surface area contributed by atoms with Crippen LogP contribution in [0.1, 0.15) is 25.0 Å². The van der Waals surface area contributed by atoms with Crippen LogP contribution in [0.4, 0.5) is 8.78 Å². The van der Waals surface area contributed by atoms with Crippen molar-refractivity contribution in [1.29, 1.82) is 0 Å². The van der Waals surface area contributed by atoms with Crippen molar-refractivity contribution in [1.82, 2.24) is 14.9 Å². The summed E-state index contributed by atoms with van der Waals surface area (Å²) < 4.78 is 53.2. The van der Waals surface area contributed by atoms with Gasteiger partial charge in [-0.3, -0.25) is 4.99 Å². The third-order valence-corrected chi connectivity index (χ3v) is 6.51. The lowest BCUT2D eigenvalue weighted by Gasteiger charge is -2.21. The topological polar surface area (TPSA) is 73.8 Å². The number of hydrogen-bond donors (Lipinski definition) is 2. The third kappa shape index (κ3) is 6.88. The third-order valence-electron chi connectivity index (χ3n) is 4.47. The van der Waals surface area contributed by atoms with Gasteiger partial charge in [-0.2, -0.15) is 4.31 Å². The Morgan fingerprint density at radius 1 is 1.07 bits per heavy atom. The quantitative estimate of drug-likeness (QED) is 0.314. The summed E-state index contributed by atoms with van der Waals surface area (Å²) in [5.74, 6) is -0.605. The zero-order valence-electron chi connectivity index (χ0n) is 17.3. The van der Waals surface area contributed by atoms with Crippen molar-refractivity contribution in [2.45, 2.75) is 37.9 Å². The second-order valence-corrected chi connectivity index (χ2v) is 8.77. The molecule has 10 heteroatoms. The molecule has 2 aromatic rings. The first-order chi connectivity index (χ1) is 13.6. The van der Waals surface area contributed by atoms with Gasteiger partial charge in [0.1, 0.15) is 11.6 Å². The molecule has 0 radical (unpaired) electrons. The van der Waals surface area contributed by atoms with E-state index in [0.717, 1.165) is 23.8 Å². The zero-order valence-corrected chi connectivity index (χ0v) is 20.5. The van der Waals surface area contributed by atoms with Crippen molar-refractivity contribution < 1.29 is 17.2 Å². The fourth-order valence-corrected chi connectivity index (χ4v) is 3.85. The Kier molecular flexibility index (Phi) is 10.1. The van der Waals surface area contributed by atoms with Gasteiger partial charge in [0.15, 0.2) is 5.96 Å². The summed E-state index contributed by atoms with van der Waals surface area (Å²) in [7, 11) is -0.415. The van der Waals surface area contributed by atoms with Gasteiger partial charge in [-0.1, -0.05) is 12.1 Å². The summed E-state index contributed by atoms with van der Waals surface area (Å²) in [6.07, 6.45) is 0. The standard InChI is InChI=1S/C20H26F2N4O2S.HI/c1-14(2)26(4)29(27,28)18-8-5-15(6-9-18)12-24-20(23-3)25-13-16-11-17(21)7-10-19(16)22;/h5-11,14H,12-13H2,1-4H3,(H2,23,24,25);1H. The maximum atomic E-state index is 13.7. The molecular formula is C20H27F2IN4O2S. The first kappa shape index (κ1) is 26.2. The molecule has 2 rings (SSSR count). The van der Waals surface area contributed by atoms with Crippen LogP contribution < -0.4 is 10.6 Å². The lowest BCUT2D eigenvalue weighted by atomic mass is 10.2. The van der Waals surface area contributed by atoms with Gasteiger partial charge in [0.05, 0.1) is 4.90 Å². The van der Waals surface area contributed by atoms with Gasteiger partial charge in [-0.25, -0.2) is 17.2 Å². The minimum Gasteiger partial charge on any atom is -0.352 e. The predicted octanol–water partition coefficient (Wildman–Crippen LogP) is 3.48. The number of hydrogen-bond acceptors (Lipinski definition) is 3. The van der Waals surface area contributed by atoms with Crippen molar-refractivity contribution in [3.63, 3.8) is 0 Å². The van der Waals surface area contributed by atoms with Gasteiger partial charge in [0, 0.05) is 38.8 Å². The van der Waals surface area contributed by atoms with E-state index in [1.165, 1.54) is 4.31 Å². The van der Waals surface area contributed by atoms with Gasteiger partial charge in [-0.05, 0) is 49.7 Å². The molecule has 166 valence electrons. The molecule has 0 amide bonds. The van der Waals surface area contributed by atoms with Gasteiger partial charge in [0.2, 0.25) is 10.0 Å². The van der Waals surface area contributed by atoms with E-state index in [4.69, 9.17) is 0 Å². The number of rotatable bonds is 7. The minimum atomic E-state index is -3.53. The molecule has 0 bridgehead atoms. The van der Waals surface area contributed by atoms with E-state index >= 15 is 0 Å². The number of nitrogens with one attached hydrogen (secondary N) is 2. The highest BCUT2D eigenvalue weighted by Crippen LogP contribution is 2.17. The van der Waals surface area contributed by atoms with Crippen LogP contribution in [0, 0.1) is 11.6 Å². The molecule has 0 unspecified atom stereocenters. The van der Waals surface area contributed by atoms with Crippen LogP contribution >= 0.6 is 24.0 Å². The highest BCUT2D eigenvalue weighted by atomic mass is 127. The van der Waals surface area contributed by atoms with Crippen LogP contribution in [0.3, 0.4) is 0 Å². The zero-order chi connectivity index (χ0) is 21.6. The number of benzene rings is 2. The van der Waals surface area contributed by atoms with Gasteiger partial charge in [0.25, 0.3) is 0 Å². The average molecular weight is 552 g/mol. The summed E-state index contributed by atoms with van der Waals surface area (Å²) in [5.41, 5.74) is 1.04. The highest BCUT2D eigenvalue weighted by molar-refractivity contribution is 14.0. The largest absolute Gasteiger partial charge is 0.352 e. The lowest BCUT2D eigenvalue weighted by molar-refractivity contribution is 0.410. The van der Waals surface area contributed by atoms with Crippen molar-refractivity contribution in [3.05, 3.63) is 65.2 Å². The first-order valence-corrected chi connectivity index (χ1v) is 10.5. The predicted molar refractivity (Wildman–Crippen MR) is 125 cm³/mol. The van der Waals surface area contributed by atoms with E-state index in [1.54, 1.807) is 38.4 Å². The Balaban J connectivity index is 0.00000450. The fourth-order valence-electron chi connectivity index (χ4n) is 2.49. The summed E-state index contributed by atoms with van der Waals surface area (Å²) in [6.45, 7) is 4.07. The Labute approximate surface area is 193 Å². The van der Waals surface area contributed by atoms with Gasteiger partial charge in [-0.15, -0.1) is 24.0 Å². The smallest absolute Gasteiger partial charge is 0.243 e. The summed E-state index contributed by atoms with van der Waals surface area (Å²) >= 11 is 0. The Bertz CT molecular complexity index is 967. The number of aliphatic imine (C=N–C) groups is 1. The second kappa shape index (κ2) is 11.6. The van der Waals surface area contributed by atoms with E-state index in [-0.39, 0.29) is 47.0 Å². The van der Waals surface area contributed by atoms with Crippen LogP contribution in [0.25, 0.3) is 0 Å². The van der Waals surface area contributed by atoms with Gasteiger partial charge >= 0.3 is 0 Å². The molecule has 30 heavy (non-hydrogen) atoms. The number of halogens is 3. The molecule has 0 aliphatic carbocycles. The molecule has 6 nitrogen and oxygen atoms in total. The van der Waals surface area contributed by atoms with Crippen LogP contribution in [-0.2, 0) is 23.1 Å². The Morgan fingerprint density at radius 2 is 1.67 bits per heavy atom. The molecular weight excluding hydrogens is 525 g/mol. The number of nitrogens with zero attached hydrogens (tertiary/aromatic N) is 2. The molecule has 0 fully saturated rings. The number of guanidine groups is 1. The SMILES string of the molecule is CN=C(NCc1ccc(S(=O)(=O)N(C)C(C)C)cc1)NCc1cc(F)ccc1F.I. The average Bonchev–Trinajstić information content (AvgIpc) is 2.70. The van der Waals surface area contributed by atoms with Crippen molar-refractivity contribution in [2.24, 2.45) is 4.99 Å². The molecule has 2 N–H and O–H groups in total. The van der Waals surface area contributed by atoms with Gasteiger partial charge < -0.3 is 10.6 Å². The van der Waals surface area contributed by atoms with Crippen LogP contribution in [0.15, 0.2) is 52.4 Å². The van der Waals surface area contributed by atoms with E-state index in [0.29, 0.717) is 12.5 Å². The normalized spacial score (nSPS) is 12.1. The van der Waals surface area contributed by atoms with Crippen molar-refractivity contribution in [2.75, 3.05) is 14.1 Å². The maximum Gasteiger partial charge on any atom is 0.243 e. The molecule has 0 aromatic heterocycles.